The van der Waals surface area contributed by atoms with Crippen LogP contribution in [-0.2, 0) is 4.79 Å². The molecule has 2 N–H and O–H groups in total. The van der Waals surface area contributed by atoms with Crippen LogP contribution in [-0.4, -0.2) is 11.9 Å². The molecule has 0 heterocycles. The van der Waals surface area contributed by atoms with Crippen molar-refractivity contribution in [3.63, 3.8) is 0 Å². The smallest absolute Gasteiger partial charge is 0.241 e. The summed E-state index contributed by atoms with van der Waals surface area (Å²) in [7, 11) is 0. The fraction of sp³-hybridized carbons (Fsp3) is 0.350. The predicted octanol–water partition coefficient (Wildman–Crippen LogP) is 3.80. The lowest BCUT2D eigenvalue weighted by Gasteiger charge is -2.24. The Hall–Kier alpha value is -2.20. The Bertz CT molecular complexity index is 710. The van der Waals surface area contributed by atoms with Gasteiger partial charge in [0.25, 0.3) is 0 Å². The number of halogens is 1. The lowest BCUT2D eigenvalue weighted by Crippen LogP contribution is -2.39. The van der Waals surface area contributed by atoms with E-state index in [4.69, 9.17) is 0 Å². The van der Waals surface area contributed by atoms with Gasteiger partial charge in [-0.1, -0.05) is 36.4 Å². The van der Waals surface area contributed by atoms with Crippen LogP contribution in [0.1, 0.15) is 48.5 Å². The first-order chi connectivity index (χ1) is 11.5. The minimum absolute atomic E-state index is 0.00575. The molecule has 2 aromatic carbocycles. The molecule has 0 unspecified atom stereocenters. The van der Waals surface area contributed by atoms with Crippen LogP contribution in [0.15, 0.2) is 48.5 Å². The summed E-state index contributed by atoms with van der Waals surface area (Å²) in [6, 6.07) is 14.1. The Labute approximate surface area is 142 Å². The van der Waals surface area contributed by atoms with Crippen LogP contribution in [0.2, 0.25) is 0 Å². The van der Waals surface area contributed by atoms with Gasteiger partial charge in [-0.2, -0.15) is 0 Å². The quantitative estimate of drug-likeness (QED) is 0.847. The summed E-state index contributed by atoms with van der Waals surface area (Å²) in [6.07, 6.45) is 2.07. The fourth-order valence-corrected chi connectivity index (χ4v) is 2.90. The van der Waals surface area contributed by atoms with Crippen LogP contribution in [0.4, 0.5) is 4.39 Å². The number of aryl methyl sites for hydroxylation is 1. The van der Waals surface area contributed by atoms with Crippen molar-refractivity contribution in [2.24, 2.45) is 0 Å². The molecule has 1 saturated carbocycles. The van der Waals surface area contributed by atoms with Gasteiger partial charge >= 0.3 is 0 Å². The summed E-state index contributed by atoms with van der Waals surface area (Å²) in [5.41, 5.74) is 3.11. The molecule has 0 radical (unpaired) electrons. The Morgan fingerprint density at radius 3 is 2.42 bits per heavy atom. The van der Waals surface area contributed by atoms with Gasteiger partial charge in [0.05, 0.1) is 0 Å². The van der Waals surface area contributed by atoms with E-state index in [0.29, 0.717) is 0 Å². The zero-order valence-corrected chi connectivity index (χ0v) is 14.1. The minimum Gasteiger partial charge on any atom is -0.352 e. The fourth-order valence-electron chi connectivity index (χ4n) is 2.90. The van der Waals surface area contributed by atoms with Crippen molar-refractivity contribution >= 4 is 5.91 Å². The molecule has 126 valence electrons. The van der Waals surface area contributed by atoms with Gasteiger partial charge in [-0.3, -0.25) is 10.1 Å². The van der Waals surface area contributed by atoms with Gasteiger partial charge in [-0.15, -0.1) is 0 Å². The molecule has 3 rings (SSSR count). The molecule has 0 aliphatic heterocycles. The van der Waals surface area contributed by atoms with Crippen LogP contribution in [0.3, 0.4) is 0 Å². The molecule has 1 aliphatic rings. The Morgan fingerprint density at radius 2 is 1.79 bits per heavy atom. The maximum Gasteiger partial charge on any atom is 0.241 e. The molecule has 0 spiro atoms. The summed E-state index contributed by atoms with van der Waals surface area (Å²) in [4.78, 5) is 12.7. The average molecular weight is 326 g/mol. The predicted molar refractivity (Wildman–Crippen MR) is 93.0 cm³/mol. The molecular weight excluding hydrogens is 303 g/mol. The van der Waals surface area contributed by atoms with Crippen molar-refractivity contribution in [3.8, 4) is 0 Å². The first kappa shape index (κ1) is 16.7. The van der Waals surface area contributed by atoms with Crippen LogP contribution in [0.25, 0.3) is 0 Å². The van der Waals surface area contributed by atoms with Gasteiger partial charge in [0.1, 0.15) is 11.9 Å². The molecule has 0 aromatic heterocycles. The number of benzene rings is 2. The number of rotatable bonds is 6. The van der Waals surface area contributed by atoms with Gasteiger partial charge in [0.15, 0.2) is 0 Å². The Kier molecular flexibility index (Phi) is 4.95. The van der Waals surface area contributed by atoms with Crippen LogP contribution >= 0.6 is 0 Å². The van der Waals surface area contributed by atoms with Crippen LogP contribution < -0.4 is 10.6 Å². The molecule has 0 bridgehead atoms. The van der Waals surface area contributed by atoms with Gasteiger partial charge < -0.3 is 5.32 Å². The van der Waals surface area contributed by atoms with Crippen molar-refractivity contribution in [1.29, 1.82) is 0 Å². The number of carbonyl (C=O) groups is 1. The van der Waals surface area contributed by atoms with Gasteiger partial charge in [-0.05, 0) is 55.5 Å². The van der Waals surface area contributed by atoms with E-state index in [9.17, 15) is 9.18 Å². The van der Waals surface area contributed by atoms with Crippen molar-refractivity contribution < 1.29 is 9.18 Å². The normalized spacial score (nSPS) is 16.5. The number of carbonyl (C=O) groups excluding carboxylic acids is 1. The van der Waals surface area contributed by atoms with E-state index in [-0.39, 0.29) is 23.8 Å². The topological polar surface area (TPSA) is 41.1 Å². The van der Waals surface area contributed by atoms with Crippen molar-refractivity contribution in [2.75, 3.05) is 0 Å². The summed E-state index contributed by atoms with van der Waals surface area (Å²) < 4.78 is 13.2. The first-order valence-corrected chi connectivity index (χ1v) is 8.42. The number of amides is 1. The first-order valence-electron chi connectivity index (χ1n) is 8.42. The van der Waals surface area contributed by atoms with E-state index in [1.54, 1.807) is 12.1 Å². The van der Waals surface area contributed by atoms with Crippen LogP contribution in [0.5, 0.6) is 0 Å². The standard InChI is InChI=1S/C20H23FN2O/c1-13-5-3-4-6-18(13)14(2)22-19(20(24)23-17-11-12-17)15-7-9-16(21)10-8-15/h3-10,14,17,19,22H,11-12H2,1-2H3,(H,23,24)/t14-,19+/m0/s1. The minimum atomic E-state index is -0.499. The lowest BCUT2D eigenvalue weighted by molar-refractivity contribution is -0.123. The van der Waals surface area contributed by atoms with E-state index < -0.39 is 6.04 Å². The number of hydrogen-bond donors (Lipinski definition) is 2. The average Bonchev–Trinajstić information content (AvgIpc) is 3.37. The zero-order valence-electron chi connectivity index (χ0n) is 14.1. The Morgan fingerprint density at radius 1 is 1.12 bits per heavy atom. The third-order valence-corrected chi connectivity index (χ3v) is 4.46. The summed E-state index contributed by atoms with van der Waals surface area (Å²) in [6.45, 7) is 4.11. The molecule has 1 aliphatic carbocycles. The number of hydrogen-bond acceptors (Lipinski definition) is 2. The number of nitrogens with one attached hydrogen (secondary N) is 2. The Balaban J connectivity index is 1.82. The maximum atomic E-state index is 13.2. The second-order valence-corrected chi connectivity index (χ2v) is 6.51. The van der Waals surface area contributed by atoms with E-state index in [1.807, 2.05) is 19.1 Å². The second kappa shape index (κ2) is 7.14. The monoisotopic (exact) mass is 326 g/mol. The highest BCUT2D eigenvalue weighted by Crippen LogP contribution is 2.25. The summed E-state index contributed by atoms with van der Waals surface area (Å²) >= 11 is 0. The van der Waals surface area contributed by atoms with Gasteiger partial charge in [0.2, 0.25) is 5.91 Å². The summed E-state index contributed by atoms with van der Waals surface area (Å²) in [5, 5.41) is 6.45. The molecule has 1 fully saturated rings. The largest absolute Gasteiger partial charge is 0.352 e. The lowest BCUT2D eigenvalue weighted by atomic mass is 9.99. The molecule has 3 nitrogen and oxygen atoms in total. The van der Waals surface area contributed by atoms with Gasteiger partial charge in [-0.25, -0.2) is 4.39 Å². The third-order valence-electron chi connectivity index (χ3n) is 4.46. The van der Waals surface area contributed by atoms with Crippen molar-refractivity contribution in [3.05, 3.63) is 71.0 Å². The maximum absolute atomic E-state index is 13.2. The molecular formula is C20H23FN2O. The molecule has 24 heavy (non-hydrogen) atoms. The zero-order chi connectivity index (χ0) is 17.1. The molecule has 0 saturated heterocycles. The third kappa shape index (κ3) is 4.01. The second-order valence-electron chi connectivity index (χ2n) is 6.51. The SMILES string of the molecule is Cc1ccccc1[C@H](C)N[C@@H](C(=O)NC1CC1)c1ccc(F)cc1. The van der Waals surface area contributed by atoms with E-state index >= 15 is 0 Å². The van der Waals surface area contributed by atoms with E-state index in [0.717, 1.165) is 24.0 Å². The van der Waals surface area contributed by atoms with Gasteiger partial charge in [0, 0.05) is 12.1 Å². The molecule has 2 aromatic rings. The van der Waals surface area contributed by atoms with E-state index in [2.05, 4.69) is 29.7 Å². The summed E-state index contributed by atoms with van der Waals surface area (Å²) in [5.74, 6) is -0.350. The van der Waals surface area contributed by atoms with Crippen molar-refractivity contribution in [1.82, 2.24) is 10.6 Å². The van der Waals surface area contributed by atoms with Crippen LogP contribution in [0, 0.1) is 12.7 Å². The highest BCUT2D eigenvalue weighted by Gasteiger charge is 2.29. The highest BCUT2D eigenvalue weighted by molar-refractivity contribution is 5.83. The van der Waals surface area contributed by atoms with E-state index in [1.165, 1.54) is 17.7 Å². The molecule has 4 heteroatoms. The molecule has 2 atom stereocenters. The molecule has 1 amide bonds. The van der Waals surface area contributed by atoms with Crippen molar-refractivity contribution in [2.45, 2.75) is 44.8 Å². The highest BCUT2D eigenvalue weighted by atomic mass is 19.1.